The van der Waals surface area contributed by atoms with Crippen LogP contribution in [0.15, 0.2) is 54.6 Å². The Labute approximate surface area is 152 Å². The van der Waals surface area contributed by atoms with E-state index in [9.17, 15) is 14.4 Å². The maximum Gasteiger partial charge on any atom is 0.306 e. The molecule has 0 saturated heterocycles. The number of ether oxygens (including phenoxy) is 2. The third-order valence-electron chi connectivity index (χ3n) is 3.48. The molecule has 0 spiro atoms. The van der Waals surface area contributed by atoms with Crippen molar-refractivity contribution in [2.24, 2.45) is 0 Å². The minimum absolute atomic E-state index is 0.00408. The van der Waals surface area contributed by atoms with E-state index in [1.54, 1.807) is 48.5 Å². The molecule has 26 heavy (non-hydrogen) atoms. The predicted octanol–water partition coefficient (Wildman–Crippen LogP) is 3.23. The van der Waals surface area contributed by atoms with Crippen molar-refractivity contribution in [3.05, 3.63) is 60.2 Å². The molecule has 0 fully saturated rings. The SMILES string of the molecule is CC(=O)c1ccc(OCCCC(=O)OCC(=O)Nc2ccccc2)cc1. The molecule has 0 unspecified atom stereocenters. The second-order valence-electron chi connectivity index (χ2n) is 5.61. The molecule has 1 N–H and O–H groups in total. The van der Waals surface area contributed by atoms with Crippen molar-refractivity contribution in [3.63, 3.8) is 0 Å². The van der Waals surface area contributed by atoms with Crippen LogP contribution in [-0.2, 0) is 14.3 Å². The molecule has 0 aliphatic heterocycles. The van der Waals surface area contributed by atoms with E-state index < -0.39 is 5.97 Å². The fourth-order valence-electron chi connectivity index (χ4n) is 2.13. The summed E-state index contributed by atoms with van der Waals surface area (Å²) in [5, 5.41) is 2.63. The van der Waals surface area contributed by atoms with Crippen LogP contribution in [0.3, 0.4) is 0 Å². The van der Waals surface area contributed by atoms with Crippen LogP contribution in [0.4, 0.5) is 5.69 Å². The minimum atomic E-state index is -0.455. The molecule has 1 amide bonds. The Hall–Kier alpha value is -3.15. The average Bonchev–Trinajstić information content (AvgIpc) is 2.65. The third kappa shape index (κ3) is 6.76. The lowest BCUT2D eigenvalue weighted by Crippen LogP contribution is -2.21. The minimum Gasteiger partial charge on any atom is -0.494 e. The topological polar surface area (TPSA) is 81.7 Å². The molecule has 6 heteroatoms. The number of amides is 1. The summed E-state index contributed by atoms with van der Waals surface area (Å²) >= 11 is 0. The Kier molecular flexibility index (Phi) is 7.36. The van der Waals surface area contributed by atoms with Crippen LogP contribution in [0.2, 0.25) is 0 Å². The molecular formula is C20H21NO5. The zero-order valence-corrected chi connectivity index (χ0v) is 14.6. The van der Waals surface area contributed by atoms with E-state index >= 15 is 0 Å². The van der Waals surface area contributed by atoms with E-state index in [2.05, 4.69) is 5.32 Å². The number of nitrogens with one attached hydrogen (secondary N) is 1. The highest BCUT2D eigenvalue weighted by Crippen LogP contribution is 2.13. The van der Waals surface area contributed by atoms with Gasteiger partial charge in [-0.05, 0) is 49.7 Å². The normalized spacial score (nSPS) is 10.0. The van der Waals surface area contributed by atoms with Crippen LogP contribution in [0.25, 0.3) is 0 Å². The van der Waals surface area contributed by atoms with Gasteiger partial charge in [-0.1, -0.05) is 18.2 Å². The first-order valence-corrected chi connectivity index (χ1v) is 8.29. The Balaban J connectivity index is 1.60. The fourth-order valence-corrected chi connectivity index (χ4v) is 2.13. The molecule has 2 aromatic rings. The zero-order chi connectivity index (χ0) is 18.8. The molecule has 6 nitrogen and oxygen atoms in total. The second-order valence-corrected chi connectivity index (χ2v) is 5.61. The van der Waals surface area contributed by atoms with Crippen LogP contribution in [0, 0.1) is 0 Å². The van der Waals surface area contributed by atoms with Gasteiger partial charge in [-0.15, -0.1) is 0 Å². The number of hydrogen-bond donors (Lipinski definition) is 1. The van der Waals surface area contributed by atoms with Crippen LogP contribution >= 0.6 is 0 Å². The summed E-state index contributed by atoms with van der Waals surface area (Å²) < 4.78 is 10.4. The highest BCUT2D eigenvalue weighted by atomic mass is 16.5. The Bertz CT molecular complexity index is 741. The van der Waals surface area contributed by atoms with Crippen LogP contribution < -0.4 is 10.1 Å². The van der Waals surface area contributed by atoms with E-state index in [4.69, 9.17) is 9.47 Å². The maximum absolute atomic E-state index is 11.7. The summed E-state index contributed by atoms with van der Waals surface area (Å²) in [5.74, 6) is -0.212. The van der Waals surface area contributed by atoms with Gasteiger partial charge in [-0.3, -0.25) is 14.4 Å². The maximum atomic E-state index is 11.7. The van der Waals surface area contributed by atoms with Crippen molar-refractivity contribution in [3.8, 4) is 5.75 Å². The Morgan fingerprint density at radius 1 is 0.962 bits per heavy atom. The number of anilines is 1. The number of Topliss-reactive ketones (excluding diaryl/α,β-unsaturated/α-hetero) is 1. The third-order valence-corrected chi connectivity index (χ3v) is 3.48. The highest BCUT2D eigenvalue weighted by Gasteiger charge is 2.08. The van der Waals surface area contributed by atoms with Gasteiger partial charge < -0.3 is 14.8 Å². The average molecular weight is 355 g/mol. The van der Waals surface area contributed by atoms with Crippen molar-refractivity contribution >= 4 is 23.3 Å². The number of carbonyl (C=O) groups excluding carboxylic acids is 3. The molecule has 0 saturated carbocycles. The van der Waals surface area contributed by atoms with Crippen molar-refractivity contribution < 1.29 is 23.9 Å². The summed E-state index contributed by atoms with van der Waals surface area (Å²) in [5.41, 5.74) is 1.27. The van der Waals surface area contributed by atoms with Gasteiger partial charge >= 0.3 is 5.97 Å². The van der Waals surface area contributed by atoms with Crippen LogP contribution in [-0.4, -0.2) is 30.9 Å². The monoisotopic (exact) mass is 355 g/mol. The lowest BCUT2D eigenvalue weighted by molar-refractivity contribution is -0.147. The van der Waals surface area contributed by atoms with Gasteiger partial charge in [0.25, 0.3) is 5.91 Å². The largest absolute Gasteiger partial charge is 0.494 e. The molecule has 0 aromatic heterocycles. The van der Waals surface area contributed by atoms with Gasteiger partial charge in [-0.25, -0.2) is 0 Å². The fraction of sp³-hybridized carbons (Fsp3) is 0.250. The number of carbonyl (C=O) groups is 3. The molecule has 0 bridgehead atoms. The number of para-hydroxylation sites is 1. The van der Waals surface area contributed by atoms with E-state index in [-0.39, 0.29) is 24.7 Å². The lowest BCUT2D eigenvalue weighted by Gasteiger charge is -2.08. The Morgan fingerprint density at radius 2 is 1.65 bits per heavy atom. The summed E-state index contributed by atoms with van der Waals surface area (Å²) in [7, 11) is 0. The summed E-state index contributed by atoms with van der Waals surface area (Å²) in [6, 6.07) is 15.8. The van der Waals surface area contributed by atoms with Gasteiger partial charge in [0.2, 0.25) is 0 Å². The number of benzene rings is 2. The number of esters is 1. The predicted molar refractivity (Wildman–Crippen MR) is 97.2 cm³/mol. The number of rotatable bonds is 9. The molecule has 2 rings (SSSR count). The van der Waals surface area contributed by atoms with E-state index in [1.807, 2.05) is 6.07 Å². The van der Waals surface area contributed by atoms with E-state index in [1.165, 1.54) is 6.92 Å². The van der Waals surface area contributed by atoms with Crippen molar-refractivity contribution in [2.45, 2.75) is 19.8 Å². The van der Waals surface area contributed by atoms with Gasteiger partial charge in [0.15, 0.2) is 12.4 Å². The first-order chi connectivity index (χ1) is 12.5. The van der Waals surface area contributed by atoms with Crippen molar-refractivity contribution in [2.75, 3.05) is 18.5 Å². The quantitative estimate of drug-likeness (QED) is 0.424. The molecule has 0 aliphatic carbocycles. The summed E-state index contributed by atoms with van der Waals surface area (Å²) in [6.07, 6.45) is 0.623. The van der Waals surface area contributed by atoms with Crippen molar-refractivity contribution in [1.82, 2.24) is 0 Å². The zero-order valence-electron chi connectivity index (χ0n) is 14.6. The Morgan fingerprint density at radius 3 is 2.31 bits per heavy atom. The van der Waals surface area contributed by atoms with Crippen molar-refractivity contribution in [1.29, 1.82) is 0 Å². The number of hydrogen-bond acceptors (Lipinski definition) is 5. The molecule has 0 radical (unpaired) electrons. The van der Waals surface area contributed by atoms with Gasteiger partial charge in [-0.2, -0.15) is 0 Å². The molecule has 2 aromatic carbocycles. The van der Waals surface area contributed by atoms with Gasteiger partial charge in [0.05, 0.1) is 6.61 Å². The van der Waals surface area contributed by atoms with Crippen LogP contribution in [0.1, 0.15) is 30.1 Å². The van der Waals surface area contributed by atoms with Gasteiger partial charge in [0.1, 0.15) is 5.75 Å². The first kappa shape index (κ1) is 19.2. The molecular weight excluding hydrogens is 334 g/mol. The number of ketones is 1. The summed E-state index contributed by atoms with van der Waals surface area (Å²) in [6.45, 7) is 1.52. The van der Waals surface area contributed by atoms with Gasteiger partial charge in [0, 0.05) is 17.7 Å². The highest BCUT2D eigenvalue weighted by molar-refractivity contribution is 5.94. The van der Waals surface area contributed by atoms with E-state index in [0.29, 0.717) is 30.0 Å². The van der Waals surface area contributed by atoms with Crippen LogP contribution in [0.5, 0.6) is 5.75 Å². The smallest absolute Gasteiger partial charge is 0.306 e. The standard InChI is InChI=1S/C20H21NO5/c1-15(22)16-9-11-18(12-10-16)25-13-5-8-20(24)26-14-19(23)21-17-6-3-2-4-7-17/h2-4,6-7,9-12H,5,8,13-14H2,1H3,(H,21,23). The van der Waals surface area contributed by atoms with E-state index in [0.717, 1.165) is 0 Å². The first-order valence-electron chi connectivity index (χ1n) is 8.29. The lowest BCUT2D eigenvalue weighted by atomic mass is 10.1. The molecule has 0 aliphatic rings. The second kappa shape index (κ2) is 9.98. The molecule has 136 valence electrons. The molecule has 0 atom stereocenters. The summed E-state index contributed by atoms with van der Waals surface area (Å²) in [4.78, 5) is 34.5. The molecule has 0 heterocycles.